The maximum atomic E-state index is 12.1. The fourth-order valence-corrected chi connectivity index (χ4v) is 4.04. The summed E-state index contributed by atoms with van der Waals surface area (Å²) in [6.45, 7) is 10.0. The van der Waals surface area contributed by atoms with E-state index >= 15 is 0 Å². The van der Waals surface area contributed by atoms with Gasteiger partial charge in [-0.15, -0.1) is 0 Å². The Morgan fingerprint density at radius 2 is 1.96 bits per heavy atom. The molecule has 1 saturated heterocycles. The van der Waals surface area contributed by atoms with Crippen molar-refractivity contribution in [3.8, 4) is 0 Å². The number of H-pyrrole nitrogens is 1. The SMILES string of the molecule is CC(C)(C)c1ccc(=O)n(CC2CN(Cc3n[nH]c4c3CCCC4)C2)n1. The lowest BCUT2D eigenvalue weighted by Gasteiger charge is -2.39. The van der Waals surface area contributed by atoms with Crippen molar-refractivity contribution in [3.63, 3.8) is 0 Å². The summed E-state index contributed by atoms with van der Waals surface area (Å²) in [6, 6.07) is 3.51. The van der Waals surface area contributed by atoms with Gasteiger partial charge in [0.15, 0.2) is 0 Å². The number of aryl methyl sites for hydroxylation is 1. The van der Waals surface area contributed by atoms with E-state index in [1.165, 1.54) is 29.8 Å². The molecule has 140 valence electrons. The summed E-state index contributed by atoms with van der Waals surface area (Å²) in [5.74, 6) is 0.491. The van der Waals surface area contributed by atoms with Crippen LogP contribution in [-0.4, -0.2) is 38.0 Å². The minimum Gasteiger partial charge on any atom is -0.297 e. The molecule has 1 N–H and O–H groups in total. The van der Waals surface area contributed by atoms with E-state index in [0.29, 0.717) is 12.5 Å². The van der Waals surface area contributed by atoms with Gasteiger partial charge in [-0.25, -0.2) is 4.68 Å². The van der Waals surface area contributed by atoms with Crippen molar-refractivity contribution in [2.45, 2.75) is 65.0 Å². The molecule has 0 radical (unpaired) electrons. The van der Waals surface area contributed by atoms with Gasteiger partial charge in [0.25, 0.3) is 5.56 Å². The van der Waals surface area contributed by atoms with Crippen molar-refractivity contribution >= 4 is 0 Å². The number of likely N-dealkylation sites (tertiary alicyclic amines) is 1. The number of hydrogen-bond acceptors (Lipinski definition) is 4. The van der Waals surface area contributed by atoms with Crippen molar-refractivity contribution in [2.75, 3.05) is 13.1 Å². The first-order valence-electron chi connectivity index (χ1n) is 9.76. The highest BCUT2D eigenvalue weighted by Gasteiger charge is 2.29. The van der Waals surface area contributed by atoms with Gasteiger partial charge in [-0.05, 0) is 37.3 Å². The van der Waals surface area contributed by atoms with Gasteiger partial charge in [-0.2, -0.15) is 10.2 Å². The third kappa shape index (κ3) is 3.47. The lowest BCUT2D eigenvalue weighted by Crippen LogP contribution is -2.49. The molecule has 0 aromatic carbocycles. The number of aromatic amines is 1. The molecule has 0 amide bonds. The maximum Gasteiger partial charge on any atom is 0.266 e. The highest BCUT2D eigenvalue weighted by molar-refractivity contribution is 5.27. The quantitative estimate of drug-likeness (QED) is 0.914. The predicted octanol–water partition coefficient (Wildman–Crippen LogP) is 2.27. The van der Waals surface area contributed by atoms with Gasteiger partial charge in [0, 0.05) is 42.7 Å². The van der Waals surface area contributed by atoms with Crippen molar-refractivity contribution in [1.82, 2.24) is 24.9 Å². The second kappa shape index (κ2) is 6.65. The van der Waals surface area contributed by atoms with E-state index in [4.69, 9.17) is 0 Å². The van der Waals surface area contributed by atoms with Crippen LogP contribution in [0.1, 0.15) is 56.3 Å². The van der Waals surface area contributed by atoms with E-state index in [1.54, 1.807) is 10.7 Å². The fourth-order valence-electron chi connectivity index (χ4n) is 4.04. The lowest BCUT2D eigenvalue weighted by atomic mass is 9.92. The van der Waals surface area contributed by atoms with Gasteiger partial charge in [0.2, 0.25) is 0 Å². The zero-order valence-corrected chi connectivity index (χ0v) is 16.1. The molecular weight excluding hydrogens is 326 g/mol. The van der Waals surface area contributed by atoms with E-state index < -0.39 is 0 Å². The summed E-state index contributed by atoms with van der Waals surface area (Å²) in [5, 5.41) is 12.4. The van der Waals surface area contributed by atoms with Gasteiger partial charge in [0.1, 0.15) is 0 Å². The standard InChI is InChI=1S/C20H29N5O/c1-20(2,3)18-8-9-19(26)25(23-18)12-14-10-24(11-14)13-17-15-6-4-5-7-16(15)21-22-17/h8-9,14H,4-7,10-13H2,1-3H3,(H,21,22). The van der Waals surface area contributed by atoms with E-state index in [-0.39, 0.29) is 11.0 Å². The molecule has 6 nitrogen and oxygen atoms in total. The smallest absolute Gasteiger partial charge is 0.266 e. The van der Waals surface area contributed by atoms with Gasteiger partial charge in [-0.3, -0.25) is 14.8 Å². The van der Waals surface area contributed by atoms with Gasteiger partial charge >= 0.3 is 0 Å². The topological polar surface area (TPSA) is 66.8 Å². The average Bonchev–Trinajstić information content (AvgIpc) is 2.96. The summed E-state index contributed by atoms with van der Waals surface area (Å²) in [4.78, 5) is 14.6. The van der Waals surface area contributed by atoms with Crippen LogP contribution in [0.2, 0.25) is 0 Å². The van der Waals surface area contributed by atoms with Crippen LogP contribution in [0.3, 0.4) is 0 Å². The number of nitrogens with one attached hydrogen (secondary N) is 1. The van der Waals surface area contributed by atoms with Crippen LogP contribution >= 0.6 is 0 Å². The minimum absolute atomic E-state index is 0.00202. The number of hydrogen-bond donors (Lipinski definition) is 1. The fraction of sp³-hybridized carbons (Fsp3) is 0.650. The molecule has 26 heavy (non-hydrogen) atoms. The average molecular weight is 355 g/mol. The molecule has 0 unspecified atom stereocenters. The number of aromatic nitrogens is 4. The third-order valence-electron chi connectivity index (χ3n) is 5.61. The number of nitrogens with zero attached hydrogens (tertiary/aromatic N) is 4. The molecular formula is C20H29N5O. The van der Waals surface area contributed by atoms with Gasteiger partial charge in [-0.1, -0.05) is 20.8 Å². The summed E-state index contributed by atoms with van der Waals surface area (Å²) in [5.41, 5.74) is 4.95. The zero-order chi connectivity index (χ0) is 18.3. The molecule has 1 fully saturated rings. The van der Waals surface area contributed by atoms with Crippen molar-refractivity contribution in [2.24, 2.45) is 5.92 Å². The maximum absolute atomic E-state index is 12.1. The first kappa shape index (κ1) is 17.5. The third-order valence-corrected chi connectivity index (χ3v) is 5.61. The molecule has 2 aromatic rings. The van der Waals surface area contributed by atoms with Crippen LogP contribution in [0, 0.1) is 5.92 Å². The molecule has 1 aliphatic heterocycles. The van der Waals surface area contributed by atoms with Crippen LogP contribution in [0.15, 0.2) is 16.9 Å². The Labute approximate surface area is 154 Å². The molecule has 0 bridgehead atoms. The molecule has 1 aliphatic carbocycles. The second-order valence-corrected chi connectivity index (χ2v) is 8.88. The Kier molecular flexibility index (Phi) is 4.47. The monoisotopic (exact) mass is 355 g/mol. The number of rotatable bonds is 4. The molecule has 2 aliphatic rings. The van der Waals surface area contributed by atoms with Crippen LogP contribution < -0.4 is 5.56 Å². The second-order valence-electron chi connectivity index (χ2n) is 8.88. The Hall–Kier alpha value is -1.95. The molecule has 0 atom stereocenters. The highest BCUT2D eigenvalue weighted by atomic mass is 16.1. The predicted molar refractivity (Wildman–Crippen MR) is 101 cm³/mol. The van der Waals surface area contributed by atoms with Gasteiger partial charge < -0.3 is 0 Å². The van der Waals surface area contributed by atoms with Crippen LogP contribution in [0.4, 0.5) is 0 Å². The lowest BCUT2D eigenvalue weighted by molar-refractivity contribution is 0.0748. The molecule has 4 rings (SSSR count). The molecule has 2 aromatic heterocycles. The normalized spacial score (nSPS) is 18.6. The van der Waals surface area contributed by atoms with Crippen molar-refractivity contribution in [1.29, 1.82) is 0 Å². The summed E-state index contributed by atoms with van der Waals surface area (Å²) < 4.78 is 1.65. The zero-order valence-electron chi connectivity index (χ0n) is 16.1. The molecule has 6 heteroatoms. The summed E-state index contributed by atoms with van der Waals surface area (Å²) >= 11 is 0. The first-order chi connectivity index (χ1) is 12.4. The Bertz CT molecular complexity index is 839. The van der Waals surface area contributed by atoms with Gasteiger partial charge in [0.05, 0.1) is 17.9 Å². The molecule has 0 spiro atoms. The Morgan fingerprint density at radius 3 is 2.73 bits per heavy atom. The van der Waals surface area contributed by atoms with Crippen LogP contribution in [0.5, 0.6) is 0 Å². The van der Waals surface area contributed by atoms with E-state index in [0.717, 1.165) is 38.2 Å². The van der Waals surface area contributed by atoms with Crippen LogP contribution in [0.25, 0.3) is 0 Å². The number of fused-ring (bicyclic) bond motifs is 1. The van der Waals surface area contributed by atoms with Crippen molar-refractivity contribution < 1.29 is 0 Å². The highest BCUT2D eigenvalue weighted by Crippen LogP contribution is 2.26. The summed E-state index contributed by atoms with van der Waals surface area (Å²) in [6.07, 6.45) is 4.86. The molecule has 3 heterocycles. The van der Waals surface area contributed by atoms with Crippen LogP contribution in [-0.2, 0) is 31.3 Å². The summed E-state index contributed by atoms with van der Waals surface area (Å²) in [7, 11) is 0. The Balaban J connectivity index is 1.36. The minimum atomic E-state index is -0.0415. The molecule has 0 saturated carbocycles. The van der Waals surface area contributed by atoms with E-state index in [2.05, 4.69) is 41.0 Å². The van der Waals surface area contributed by atoms with E-state index in [9.17, 15) is 4.79 Å². The Morgan fingerprint density at radius 1 is 1.19 bits per heavy atom. The van der Waals surface area contributed by atoms with Crippen molar-refractivity contribution in [3.05, 3.63) is 45.1 Å². The first-order valence-corrected chi connectivity index (χ1v) is 9.76. The van der Waals surface area contributed by atoms with E-state index in [1.807, 2.05) is 6.07 Å². The largest absolute Gasteiger partial charge is 0.297 e.